The third kappa shape index (κ3) is 5.15. The lowest BCUT2D eigenvalue weighted by molar-refractivity contribution is 0.358. The zero-order valence-corrected chi connectivity index (χ0v) is 19.0. The van der Waals surface area contributed by atoms with Crippen LogP contribution in [-0.4, -0.2) is 38.8 Å². The first-order chi connectivity index (χ1) is 12.1. The number of aromatic nitrogens is 4. The fraction of sp³-hybridized carbons (Fsp3) is 0.647. The average molecular weight is 489 g/mol. The van der Waals surface area contributed by atoms with Crippen LogP contribution in [0.4, 0.5) is 0 Å². The standard InChI is InChI=1S/C17H27N7S.HI/c1-5-18-17(20-9-15-11(2)21-13(4)25-15)19-8-14-6-7-16-23-22-12(3)24(16)10-14;/h14H,5-10H2,1-4H3,(H2,18,19,20);1H. The van der Waals surface area contributed by atoms with E-state index in [1.165, 1.54) is 4.88 Å². The number of guanidine groups is 1. The molecule has 26 heavy (non-hydrogen) atoms. The topological polar surface area (TPSA) is 80.0 Å². The van der Waals surface area contributed by atoms with Crippen LogP contribution in [0.15, 0.2) is 4.99 Å². The molecule has 0 aromatic carbocycles. The van der Waals surface area contributed by atoms with E-state index in [2.05, 4.69) is 44.2 Å². The maximum Gasteiger partial charge on any atom is 0.191 e. The third-order valence-electron chi connectivity index (χ3n) is 4.51. The Labute approximate surface area is 176 Å². The summed E-state index contributed by atoms with van der Waals surface area (Å²) in [5.74, 6) is 3.57. The van der Waals surface area contributed by atoms with Crippen LogP contribution in [0.2, 0.25) is 0 Å². The van der Waals surface area contributed by atoms with Gasteiger partial charge in [0.1, 0.15) is 11.6 Å². The molecule has 7 nitrogen and oxygen atoms in total. The van der Waals surface area contributed by atoms with Gasteiger partial charge in [-0.3, -0.25) is 0 Å². The zero-order chi connectivity index (χ0) is 17.8. The molecular weight excluding hydrogens is 461 g/mol. The molecule has 1 unspecified atom stereocenters. The van der Waals surface area contributed by atoms with Crippen molar-refractivity contribution >= 4 is 41.3 Å². The van der Waals surface area contributed by atoms with Crippen molar-refractivity contribution in [3.05, 3.63) is 27.2 Å². The molecule has 0 saturated carbocycles. The summed E-state index contributed by atoms with van der Waals surface area (Å²) in [6.45, 7) is 11.6. The summed E-state index contributed by atoms with van der Waals surface area (Å²) in [6.07, 6.45) is 2.14. The summed E-state index contributed by atoms with van der Waals surface area (Å²) in [5, 5.41) is 16.4. The molecule has 0 amide bonds. The van der Waals surface area contributed by atoms with Crippen molar-refractivity contribution in [2.75, 3.05) is 13.1 Å². The molecule has 0 saturated heterocycles. The Morgan fingerprint density at radius 1 is 1.27 bits per heavy atom. The molecule has 3 rings (SSSR count). The molecule has 0 bridgehead atoms. The van der Waals surface area contributed by atoms with Crippen molar-refractivity contribution in [3.8, 4) is 0 Å². The Morgan fingerprint density at radius 2 is 2.08 bits per heavy atom. The summed E-state index contributed by atoms with van der Waals surface area (Å²) in [4.78, 5) is 10.4. The Balaban J connectivity index is 0.00000243. The molecular formula is C17H28IN7S. The molecule has 1 aliphatic heterocycles. The quantitative estimate of drug-likeness (QED) is 0.384. The summed E-state index contributed by atoms with van der Waals surface area (Å²) >= 11 is 1.72. The number of aliphatic imine (C=N–C) groups is 1. The van der Waals surface area contributed by atoms with Crippen molar-refractivity contribution in [1.29, 1.82) is 0 Å². The highest BCUT2D eigenvalue weighted by atomic mass is 127. The molecule has 0 radical (unpaired) electrons. The van der Waals surface area contributed by atoms with Crippen molar-refractivity contribution < 1.29 is 0 Å². The fourth-order valence-corrected chi connectivity index (χ4v) is 4.01. The first-order valence-corrected chi connectivity index (χ1v) is 9.72. The van der Waals surface area contributed by atoms with Crippen LogP contribution in [0.25, 0.3) is 0 Å². The molecule has 1 aliphatic rings. The van der Waals surface area contributed by atoms with Gasteiger partial charge in [0, 0.05) is 30.9 Å². The summed E-state index contributed by atoms with van der Waals surface area (Å²) in [7, 11) is 0. The van der Waals surface area contributed by atoms with Crippen molar-refractivity contribution in [3.63, 3.8) is 0 Å². The summed E-state index contributed by atoms with van der Waals surface area (Å²) in [6, 6.07) is 0. The maximum absolute atomic E-state index is 4.73. The number of nitrogens with zero attached hydrogens (tertiary/aromatic N) is 5. The molecule has 144 valence electrons. The first-order valence-electron chi connectivity index (χ1n) is 8.90. The van der Waals surface area contributed by atoms with Crippen LogP contribution in [0.3, 0.4) is 0 Å². The minimum absolute atomic E-state index is 0. The first kappa shape index (κ1) is 21.1. The fourth-order valence-electron chi connectivity index (χ4n) is 3.15. The van der Waals surface area contributed by atoms with E-state index < -0.39 is 0 Å². The smallest absolute Gasteiger partial charge is 0.191 e. The number of fused-ring (bicyclic) bond motifs is 1. The second-order valence-electron chi connectivity index (χ2n) is 6.50. The minimum atomic E-state index is 0. The van der Waals surface area contributed by atoms with Gasteiger partial charge in [-0.2, -0.15) is 0 Å². The number of hydrogen-bond donors (Lipinski definition) is 2. The number of rotatable bonds is 5. The molecule has 0 spiro atoms. The largest absolute Gasteiger partial charge is 0.357 e. The molecule has 3 heterocycles. The van der Waals surface area contributed by atoms with Crippen LogP contribution in [0.1, 0.15) is 40.6 Å². The highest BCUT2D eigenvalue weighted by Gasteiger charge is 2.21. The Kier molecular flexibility index (Phi) is 7.81. The van der Waals surface area contributed by atoms with E-state index in [1.807, 2.05) is 13.8 Å². The number of thiazole rings is 1. The number of hydrogen-bond acceptors (Lipinski definition) is 5. The van der Waals surface area contributed by atoms with Crippen molar-refractivity contribution in [1.82, 2.24) is 30.4 Å². The highest BCUT2D eigenvalue weighted by molar-refractivity contribution is 14.0. The minimum Gasteiger partial charge on any atom is -0.357 e. The van der Waals surface area contributed by atoms with Gasteiger partial charge in [-0.25, -0.2) is 9.98 Å². The molecule has 2 aromatic rings. The van der Waals surface area contributed by atoms with Crippen LogP contribution in [0.5, 0.6) is 0 Å². The van der Waals surface area contributed by atoms with Gasteiger partial charge < -0.3 is 15.2 Å². The van der Waals surface area contributed by atoms with Gasteiger partial charge >= 0.3 is 0 Å². The van der Waals surface area contributed by atoms with E-state index in [-0.39, 0.29) is 24.0 Å². The third-order valence-corrected chi connectivity index (χ3v) is 5.57. The van der Waals surface area contributed by atoms with Gasteiger partial charge in [-0.15, -0.1) is 45.5 Å². The predicted molar refractivity (Wildman–Crippen MR) is 116 cm³/mol. The number of halogens is 1. The second kappa shape index (κ2) is 9.63. The predicted octanol–water partition coefficient (Wildman–Crippen LogP) is 2.60. The van der Waals surface area contributed by atoms with Gasteiger partial charge in [0.25, 0.3) is 0 Å². The van der Waals surface area contributed by atoms with E-state index >= 15 is 0 Å². The van der Waals surface area contributed by atoms with Gasteiger partial charge in [-0.05, 0) is 40.0 Å². The Morgan fingerprint density at radius 3 is 2.77 bits per heavy atom. The van der Waals surface area contributed by atoms with E-state index in [1.54, 1.807) is 11.3 Å². The summed E-state index contributed by atoms with van der Waals surface area (Å²) < 4.78 is 2.24. The van der Waals surface area contributed by atoms with E-state index in [0.717, 1.165) is 60.8 Å². The number of nitrogens with one attached hydrogen (secondary N) is 2. The molecule has 0 aliphatic carbocycles. The number of aryl methyl sites for hydroxylation is 4. The maximum atomic E-state index is 4.73. The average Bonchev–Trinajstić information content (AvgIpc) is 3.12. The zero-order valence-electron chi connectivity index (χ0n) is 15.9. The van der Waals surface area contributed by atoms with Crippen LogP contribution >= 0.6 is 35.3 Å². The summed E-state index contributed by atoms with van der Waals surface area (Å²) in [5.41, 5.74) is 1.09. The molecule has 2 aromatic heterocycles. The molecule has 0 fully saturated rings. The van der Waals surface area contributed by atoms with Gasteiger partial charge in [0.15, 0.2) is 5.96 Å². The molecule has 2 N–H and O–H groups in total. The highest BCUT2D eigenvalue weighted by Crippen LogP contribution is 2.19. The molecule has 9 heteroatoms. The van der Waals surface area contributed by atoms with Crippen LogP contribution < -0.4 is 10.6 Å². The lowest BCUT2D eigenvalue weighted by Crippen LogP contribution is -2.41. The van der Waals surface area contributed by atoms with E-state index in [9.17, 15) is 0 Å². The normalized spacial score (nSPS) is 16.8. The SMILES string of the molecule is CCNC(=NCc1sc(C)nc1C)NCC1CCc2nnc(C)n2C1.I. The van der Waals surface area contributed by atoms with Gasteiger partial charge in [0.05, 0.1) is 17.2 Å². The van der Waals surface area contributed by atoms with Crippen molar-refractivity contribution in [2.24, 2.45) is 10.9 Å². The lowest BCUT2D eigenvalue weighted by atomic mass is 9.99. The van der Waals surface area contributed by atoms with E-state index in [4.69, 9.17) is 4.99 Å². The van der Waals surface area contributed by atoms with Crippen LogP contribution in [0, 0.1) is 26.7 Å². The van der Waals surface area contributed by atoms with Gasteiger partial charge in [-0.1, -0.05) is 0 Å². The Hall–Kier alpha value is -1.23. The molecule has 1 atom stereocenters. The van der Waals surface area contributed by atoms with Gasteiger partial charge in [0.2, 0.25) is 0 Å². The second-order valence-corrected chi connectivity index (χ2v) is 7.78. The van der Waals surface area contributed by atoms with E-state index in [0.29, 0.717) is 12.5 Å². The Bertz CT molecular complexity index is 752. The van der Waals surface area contributed by atoms with Crippen LogP contribution in [-0.2, 0) is 19.5 Å². The van der Waals surface area contributed by atoms with Crippen molar-refractivity contribution in [2.45, 2.75) is 53.6 Å². The monoisotopic (exact) mass is 489 g/mol. The lowest BCUT2D eigenvalue weighted by Gasteiger charge is -2.25.